The Labute approximate surface area is 370 Å². The van der Waals surface area contributed by atoms with Crippen molar-refractivity contribution in [1.82, 2.24) is 24.1 Å². The lowest BCUT2D eigenvalue weighted by Crippen LogP contribution is -2.06. The van der Waals surface area contributed by atoms with Crippen molar-refractivity contribution >= 4 is 65.6 Å². The van der Waals surface area contributed by atoms with Crippen molar-refractivity contribution in [2.24, 2.45) is 0 Å². The lowest BCUT2D eigenvalue weighted by molar-refractivity contribution is 0.670. The lowest BCUT2D eigenvalue weighted by atomic mass is 9.97. The van der Waals surface area contributed by atoms with E-state index in [0.29, 0.717) is 45.2 Å². The highest BCUT2D eigenvalue weighted by Crippen LogP contribution is 2.45. The highest BCUT2D eigenvalue weighted by Gasteiger charge is 2.25. The molecular weight excluding hydrogens is 771 g/mol. The van der Waals surface area contributed by atoms with Gasteiger partial charge in [0.1, 0.15) is 11.2 Å². The summed E-state index contributed by atoms with van der Waals surface area (Å²) in [5.41, 5.74) is 8.45. The fourth-order valence-electron chi connectivity index (χ4n) is 9.26. The Bertz CT molecular complexity index is 4210. The molecule has 0 unspecified atom stereocenters. The van der Waals surface area contributed by atoms with Crippen LogP contribution >= 0.6 is 0 Å². The van der Waals surface area contributed by atoms with Crippen LogP contribution in [-0.4, -0.2) is 24.1 Å². The summed E-state index contributed by atoms with van der Waals surface area (Å²) in [7, 11) is 0. The van der Waals surface area contributed by atoms with Gasteiger partial charge in [-0.15, -0.1) is 0 Å². The monoisotopic (exact) mass is 811 g/mol. The molecule has 0 amide bonds. The first-order chi connectivity index (χ1) is 33.7. The van der Waals surface area contributed by atoms with Crippen LogP contribution in [-0.2, 0) is 0 Å². The molecule has 6 nitrogen and oxygen atoms in total. The average molecular weight is 812 g/mol. The van der Waals surface area contributed by atoms with Crippen LogP contribution in [0.5, 0.6) is 0 Å². The quantitative estimate of drug-likeness (QED) is 0.168. The maximum atomic E-state index is 9.52. The number of fused-ring (bicyclic) bond motifs is 9. The molecule has 4 aromatic heterocycles. The second-order valence-corrected chi connectivity index (χ2v) is 15.4. The molecule has 6 heteroatoms. The first-order valence-electron chi connectivity index (χ1n) is 23.7. The molecule has 294 valence electrons. The number of hydrogen-bond donors (Lipinski definition) is 0. The summed E-state index contributed by atoms with van der Waals surface area (Å²) in [5, 5.41) is 4.20. The third-order valence-electron chi connectivity index (χ3n) is 11.9. The molecule has 0 radical (unpaired) electrons. The minimum atomic E-state index is -0.211. The summed E-state index contributed by atoms with van der Waals surface area (Å²) in [6.07, 6.45) is 0. The Morgan fingerprint density at radius 3 is 1.73 bits per heavy atom. The lowest BCUT2D eigenvalue weighted by Gasteiger charge is -2.19. The fourth-order valence-corrected chi connectivity index (χ4v) is 9.26. The van der Waals surface area contributed by atoms with Crippen LogP contribution in [0.4, 0.5) is 0 Å². The summed E-state index contributed by atoms with van der Waals surface area (Å²) in [6, 6.07) is 55.7. The average Bonchev–Trinajstić information content (AvgIpc) is 4.07. The van der Waals surface area contributed by atoms with E-state index in [1.807, 2.05) is 133 Å². The van der Waals surface area contributed by atoms with Crippen LogP contribution in [0, 0.1) is 0 Å². The van der Waals surface area contributed by atoms with E-state index in [2.05, 4.69) is 34.9 Å². The summed E-state index contributed by atoms with van der Waals surface area (Å²) < 4.78 is 65.8. The molecule has 0 N–H and O–H groups in total. The van der Waals surface area contributed by atoms with Gasteiger partial charge >= 0.3 is 0 Å². The van der Waals surface area contributed by atoms with Gasteiger partial charge in [0.15, 0.2) is 17.5 Å². The SMILES string of the molecule is [2H]c1cc([2H])c2c(c1[2H])c1c([2H])c([2H])cc([2H])c1n2-c1c(-c2nc(-c3ccccc3)nc(-c3cccc4c5ccccc5n(-c5ccccc5)c34)n2)cccc1-c1cccc2c1oc1ccccc12. The molecule has 4 heterocycles. The van der Waals surface area contributed by atoms with E-state index in [1.54, 1.807) is 4.57 Å². The van der Waals surface area contributed by atoms with Crippen molar-refractivity contribution in [1.29, 1.82) is 0 Å². The number of benzene rings is 9. The third-order valence-corrected chi connectivity index (χ3v) is 11.9. The van der Waals surface area contributed by atoms with Gasteiger partial charge in [-0.05, 0) is 48.5 Å². The summed E-state index contributed by atoms with van der Waals surface area (Å²) in [5.74, 6) is 1.10. The summed E-state index contributed by atoms with van der Waals surface area (Å²) in [4.78, 5) is 16.0. The molecule has 0 saturated heterocycles. The van der Waals surface area contributed by atoms with Crippen LogP contribution in [0.1, 0.15) is 8.22 Å². The topological polar surface area (TPSA) is 61.7 Å². The third kappa shape index (κ3) is 5.41. The maximum Gasteiger partial charge on any atom is 0.166 e. The van der Waals surface area contributed by atoms with Crippen LogP contribution < -0.4 is 0 Å². The normalized spacial score (nSPS) is 13.1. The minimum absolute atomic E-state index is 0.0862. The highest BCUT2D eigenvalue weighted by atomic mass is 16.3. The van der Waals surface area contributed by atoms with Crippen molar-refractivity contribution in [2.75, 3.05) is 0 Å². The summed E-state index contributed by atoms with van der Waals surface area (Å²) >= 11 is 0. The molecular formula is C57H35N5O. The van der Waals surface area contributed by atoms with Gasteiger partial charge in [-0.1, -0.05) is 164 Å². The number of aromatic nitrogens is 5. The number of furan rings is 1. The second kappa shape index (κ2) is 14.0. The Hall–Kier alpha value is -8.61. The molecule has 0 bridgehead atoms. The Morgan fingerprint density at radius 2 is 0.952 bits per heavy atom. The smallest absolute Gasteiger partial charge is 0.166 e. The molecule has 0 saturated carbocycles. The van der Waals surface area contributed by atoms with Gasteiger partial charge in [0, 0.05) is 65.8 Å². The molecule has 13 aromatic rings. The number of hydrogen-bond acceptors (Lipinski definition) is 4. The first-order valence-corrected chi connectivity index (χ1v) is 20.7. The van der Waals surface area contributed by atoms with Crippen LogP contribution in [0.3, 0.4) is 0 Å². The van der Waals surface area contributed by atoms with Crippen molar-refractivity contribution in [2.45, 2.75) is 0 Å². The van der Waals surface area contributed by atoms with Gasteiger partial charge in [0.2, 0.25) is 0 Å². The van der Waals surface area contributed by atoms with E-state index in [9.17, 15) is 5.48 Å². The number of rotatable bonds is 6. The minimum Gasteiger partial charge on any atom is -0.455 e. The number of nitrogens with zero attached hydrogens (tertiary/aromatic N) is 5. The molecule has 9 aromatic carbocycles. The molecule has 0 spiro atoms. The molecule has 0 atom stereocenters. The van der Waals surface area contributed by atoms with Crippen LogP contribution in [0.25, 0.3) is 122 Å². The van der Waals surface area contributed by atoms with E-state index in [4.69, 9.17) is 22.1 Å². The van der Waals surface area contributed by atoms with Gasteiger partial charge in [-0.2, -0.15) is 0 Å². The largest absolute Gasteiger partial charge is 0.455 e. The van der Waals surface area contributed by atoms with Gasteiger partial charge in [-0.25, -0.2) is 15.0 Å². The zero-order valence-electron chi connectivity index (χ0n) is 39.4. The first kappa shape index (κ1) is 29.6. The standard InChI is InChI=1S/C57H35N5O/c1-3-18-36(19-4-1)55-58-56(46-30-15-26-42-40-24-9-11-32-48(40)61(52(42)46)37-20-5-2-6-21-37)60-57(59-55)47-31-16-27-43(45-29-17-28-44-41-25-10-14-35-51(41)63-54(44)45)53(47)62-49-33-12-7-22-38(49)39-23-8-13-34-50(39)62/h1-35H/i7D,8D,22D,23D,33D,34D. The van der Waals surface area contributed by atoms with Crippen molar-refractivity contribution in [3.05, 3.63) is 212 Å². The van der Waals surface area contributed by atoms with Gasteiger partial charge in [0.25, 0.3) is 0 Å². The molecule has 13 rings (SSSR count). The molecule has 0 aliphatic heterocycles. The summed E-state index contributed by atoms with van der Waals surface area (Å²) in [6.45, 7) is 0. The van der Waals surface area contributed by atoms with Crippen LogP contribution in [0.2, 0.25) is 0 Å². The fraction of sp³-hybridized carbons (Fsp3) is 0. The Morgan fingerprint density at radius 1 is 0.381 bits per heavy atom. The Kier molecular flexibility index (Phi) is 6.56. The highest BCUT2D eigenvalue weighted by molar-refractivity contribution is 6.15. The maximum absolute atomic E-state index is 9.52. The Balaban J connectivity index is 1.20. The predicted molar refractivity (Wildman–Crippen MR) is 258 cm³/mol. The molecule has 63 heavy (non-hydrogen) atoms. The number of para-hydroxylation sites is 8. The van der Waals surface area contributed by atoms with Crippen LogP contribution in [0.15, 0.2) is 217 Å². The van der Waals surface area contributed by atoms with Crippen molar-refractivity contribution < 1.29 is 12.6 Å². The molecule has 0 aliphatic rings. The zero-order chi connectivity index (χ0) is 46.7. The van der Waals surface area contributed by atoms with Crippen molar-refractivity contribution in [3.63, 3.8) is 0 Å². The van der Waals surface area contributed by atoms with Gasteiger partial charge in [0.05, 0.1) is 36.0 Å². The van der Waals surface area contributed by atoms with Crippen molar-refractivity contribution in [3.8, 4) is 56.7 Å². The molecule has 0 fully saturated rings. The van der Waals surface area contributed by atoms with E-state index in [0.717, 1.165) is 49.4 Å². The van der Waals surface area contributed by atoms with Gasteiger partial charge in [-0.3, -0.25) is 0 Å². The second-order valence-electron chi connectivity index (χ2n) is 15.4. The van der Waals surface area contributed by atoms with E-state index >= 15 is 0 Å². The van der Waals surface area contributed by atoms with Gasteiger partial charge < -0.3 is 13.6 Å². The van der Waals surface area contributed by atoms with E-state index in [1.165, 1.54) is 12.1 Å². The van der Waals surface area contributed by atoms with E-state index in [-0.39, 0.29) is 63.9 Å². The predicted octanol–water partition coefficient (Wildman–Crippen LogP) is 14.6. The van der Waals surface area contributed by atoms with E-state index < -0.39 is 0 Å². The molecule has 0 aliphatic carbocycles. The zero-order valence-corrected chi connectivity index (χ0v) is 33.4.